The fourth-order valence-electron chi connectivity index (χ4n) is 2.46. The predicted octanol–water partition coefficient (Wildman–Crippen LogP) is 5.07. The summed E-state index contributed by atoms with van der Waals surface area (Å²) in [5, 5.41) is 0. The van der Waals surface area contributed by atoms with Gasteiger partial charge in [-0.15, -0.1) is 0 Å². The van der Waals surface area contributed by atoms with Crippen molar-refractivity contribution in [1.29, 1.82) is 0 Å². The maximum Gasteiger partial charge on any atom is 0.0531 e. The molecule has 0 saturated heterocycles. The molecule has 0 aliphatic carbocycles. The summed E-state index contributed by atoms with van der Waals surface area (Å²) < 4.78 is 2.26. The van der Waals surface area contributed by atoms with Crippen LogP contribution in [0.15, 0.2) is 60.8 Å². The van der Waals surface area contributed by atoms with E-state index in [0.29, 0.717) is 0 Å². The number of aryl methyl sites for hydroxylation is 3. The van der Waals surface area contributed by atoms with E-state index in [-0.39, 0.29) is 0 Å². The van der Waals surface area contributed by atoms with Gasteiger partial charge in [-0.05, 0) is 50.1 Å². The van der Waals surface area contributed by atoms with Gasteiger partial charge in [0.1, 0.15) is 0 Å². The molecule has 1 aromatic heterocycles. The van der Waals surface area contributed by atoms with Crippen LogP contribution in [0.4, 0.5) is 0 Å². The normalized spacial score (nSPS) is 10.8. The first-order valence-electron chi connectivity index (χ1n) is 6.96. The molecule has 0 aliphatic heterocycles. The van der Waals surface area contributed by atoms with Crippen molar-refractivity contribution in [2.24, 2.45) is 0 Å². The average Bonchev–Trinajstić information content (AvgIpc) is 2.82. The molecule has 0 N–H and O–H groups in total. The first kappa shape index (κ1) is 12.7. The van der Waals surface area contributed by atoms with Gasteiger partial charge >= 0.3 is 0 Å². The van der Waals surface area contributed by atoms with Gasteiger partial charge in [0, 0.05) is 11.9 Å². The summed E-state index contributed by atoms with van der Waals surface area (Å²) in [6.45, 7) is 6.38. The summed E-state index contributed by atoms with van der Waals surface area (Å²) in [4.78, 5) is 0. The van der Waals surface area contributed by atoms with Crippen molar-refractivity contribution >= 4 is 0 Å². The minimum absolute atomic E-state index is 1.21. The maximum atomic E-state index is 2.26. The minimum Gasteiger partial charge on any atom is -0.316 e. The zero-order valence-corrected chi connectivity index (χ0v) is 12.2. The third-order valence-corrected chi connectivity index (χ3v) is 3.62. The van der Waals surface area contributed by atoms with Gasteiger partial charge in [0.05, 0.1) is 5.69 Å². The van der Waals surface area contributed by atoms with Crippen LogP contribution in [0.5, 0.6) is 0 Å². The summed E-state index contributed by atoms with van der Waals surface area (Å²) in [7, 11) is 0. The Bertz CT molecular complexity index is 652. The molecule has 0 aliphatic rings. The molecule has 20 heavy (non-hydrogen) atoms. The number of aromatic nitrogens is 1. The van der Waals surface area contributed by atoms with E-state index in [1.807, 2.05) is 0 Å². The van der Waals surface area contributed by atoms with Crippen molar-refractivity contribution < 1.29 is 0 Å². The van der Waals surface area contributed by atoms with Gasteiger partial charge in [0.15, 0.2) is 0 Å². The van der Waals surface area contributed by atoms with Crippen LogP contribution < -0.4 is 0 Å². The van der Waals surface area contributed by atoms with Crippen molar-refractivity contribution in [2.45, 2.75) is 20.8 Å². The lowest BCUT2D eigenvalue weighted by molar-refractivity contribution is 1.08. The minimum atomic E-state index is 1.21. The highest BCUT2D eigenvalue weighted by Crippen LogP contribution is 2.26. The second-order valence-electron chi connectivity index (χ2n) is 5.47. The fourth-order valence-corrected chi connectivity index (χ4v) is 2.46. The van der Waals surface area contributed by atoms with Gasteiger partial charge in [-0.25, -0.2) is 0 Å². The van der Waals surface area contributed by atoms with Crippen LogP contribution in [0.2, 0.25) is 0 Å². The predicted molar refractivity (Wildman–Crippen MR) is 85.4 cm³/mol. The number of hydrogen-bond acceptors (Lipinski definition) is 0. The third-order valence-electron chi connectivity index (χ3n) is 3.62. The van der Waals surface area contributed by atoms with Crippen LogP contribution in [0.1, 0.15) is 16.7 Å². The van der Waals surface area contributed by atoms with E-state index < -0.39 is 0 Å². The Hall–Kier alpha value is -2.28. The molecule has 2 aromatic carbocycles. The Labute approximate surface area is 120 Å². The van der Waals surface area contributed by atoms with E-state index in [1.54, 1.807) is 0 Å². The molecule has 0 radical (unpaired) electrons. The molecule has 0 unspecified atom stereocenters. The first-order valence-corrected chi connectivity index (χ1v) is 6.96. The lowest BCUT2D eigenvalue weighted by Crippen LogP contribution is -1.95. The molecule has 0 bridgehead atoms. The van der Waals surface area contributed by atoms with Crippen molar-refractivity contribution in [2.75, 3.05) is 0 Å². The molecule has 1 heteroatoms. The molecule has 0 spiro atoms. The Morgan fingerprint density at radius 2 is 1.20 bits per heavy atom. The van der Waals surface area contributed by atoms with Gasteiger partial charge in [0.25, 0.3) is 0 Å². The highest BCUT2D eigenvalue weighted by Gasteiger charge is 2.07. The zero-order chi connectivity index (χ0) is 14.1. The summed E-state index contributed by atoms with van der Waals surface area (Å²) in [5.41, 5.74) is 7.56. The van der Waals surface area contributed by atoms with E-state index in [9.17, 15) is 0 Å². The number of benzene rings is 2. The number of hydrogen-bond donors (Lipinski definition) is 0. The molecule has 3 rings (SSSR count). The van der Waals surface area contributed by atoms with Crippen molar-refractivity contribution in [3.05, 3.63) is 77.5 Å². The van der Waals surface area contributed by atoms with Gasteiger partial charge in [-0.1, -0.05) is 47.5 Å². The molecule has 3 aromatic rings. The molecule has 0 atom stereocenters. The SMILES string of the molecule is Cc1ccc(-c2cc(C)cn2-c2ccc(C)cc2)cc1. The van der Waals surface area contributed by atoms with Crippen LogP contribution in [0.3, 0.4) is 0 Å². The Morgan fingerprint density at radius 3 is 1.80 bits per heavy atom. The van der Waals surface area contributed by atoms with Gasteiger partial charge in [-0.3, -0.25) is 0 Å². The van der Waals surface area contributed by atoms with Gasteiger partial charge in [-0.2, -0.15) is 0 Å². The molecule has 1 heterocycles. The van der Waals surface area contributed by atoms with Gasteiger partial charge < -0.3 is 4.57 Å². The molecular weight excluding hydrogens is 242 g/mol. The van der Waals surface area contributed by atoms with Crippen LogP contribution in [-0.4, -0.2) is 4.57 Å². The van der Waals surface area contributed by atoms with Crippen LogP contribution in [0.25, 0.3) is 16.9 Å². The molecule has 0 saturated carbocycles. The Balaban J connectivity index is 2.12. The van der Waals surface area contributed by atoms with E-state index in [4.69, 9.17) is 0 Å². The lowest BCUT2D eigenvalue weighted by Gasteiger charge is -2.10. The highest BCUT2D eigenvalue weighted by molar-refractivity contribution is 5.64. The summed E-state index contributed by atoms with van der Waals surface area (Å²) >= 11 is 0. The second kappa shape index (κ2) is 5.01. The highest BCUT2D eigenvalue weighted by atomic mass is 15.0. The van der Waals surface area contributed by atoms with Crippen molar-refractivity contribution in [3.8, 4) is 16.9 Å². The van der Waals surface area contributed by atoms with Crippen LogP contribution >= 0.6 is 0 Å². The molecule has 0 amide bonds. The van der Waals surface area contributed by atoms with E-state index in [1.165, 1.54) is 33.6 Å². The Morgan fingerprint density at radius 1 is 0.650 bits per heavy atom. The molecule has 100 valence electrons. The third kappa shape index (κ3) is 2.39. The number of nitrogens with zero attached hydrogens (tertiary/aromatic N) is 1. The maximum absolute atomic E-state index is 2.26. The van der Waals surface area contributed by atoms with Crippen molar-refractivity contribution in [3.63, 3.8) is 0 Å². The smallest absolute Gasteiger partial charge is 0.0531 e. The lowest BCUT2D eigenvalue weighted by atomic mass is 10.1. The van der Waals surface area contributed by atoms with E-state index in [2.05, 4.69) is 86.1 Å². The summed E-state index contributed by atoms with van der Waals surface area (Å²) in [5.74, 6) is 0. The number of rotatable bonds is 2. The van der Waals surface area contributed by atoms with E-state index in [0.717, 1.165) is 0 Å². The summed E-state index contributed by atoms with van der Waals surface area (Å²) in [6, 6.07) is 19.6. The Kier molecular flexibility index (Phi) is 3.19. The molecular formula is C19H19N. The standard InChI is InChI=1S/C19H19N/c1-14-4-8-17(9-5-14)19-12-16(3)13-20(19)18-10-6-15(2)7-11-18/h4-13H,1-3H3. The van der Waals surface area contributed by atoms with Crippen molar-refractivity contribution in [1.82, 2.24) is 4.57 Å². The first-order chi connectivity index (χ1) is 9.63. The van der Waals surface area contributed by atoms with E-state index >= 15 is 0 Å². The topological polar surface area (TPSA) is 4.93 Å². The van der Waals surface area contributed by atoms with Crippen LogP contribution in [0, 0.1) is 20.8 Å². The van der Waals surface area contributed by atoms with Gasteiger partial charge in [0.2, 0.25) is 0 Å². The second-order valence-corrected chi connectivity index (χ2v) is 5.47. The monoisotopic (exact) mass is 261 g/mol. The summed E-state index contributed by atoms with van der Waals surface area (Å²) in [6.07, 6.45) is 2.19. The zero-order valence-electron chi connectivity index (χ0n) is 12.2. The fraction of sp³-hybridized carbons (Fsp3) is 0.158. The van der Waals surface area contributed by atoms with Crippen LogP contribution in [-0.2, 0) is 0 Å². The molecule has 0 fully saturated rings. The largest absolute Gasteiger partial charge is 0.316 e. The average molecular weight is 261 g/mol. The molecule has 1 nitrogen and oxygen atoms in total. The quantitative estimate of drug-likeness (QED) is 0.607.